The van der Waals surface area contributed by atoms with Gasteiger partial charge in [0.05, 0.1) is 19.3 Å². The van der Waals surface area contributed by atoms with E-state index in [1.54, 1.807) is 7.11 Å². The van der Waals surface area contributed by atoms with Gasteiger partial charge < -0.3 is 15.2 Å². The van der Waals surface area contributed by atoms with Crippen molar-refractivity contribution in [3.05, 3.63) is 59.2 Å². The highest BCUT2D eigenvalue weighted by Crippen LogP contribution is 2.41. The number of methoxy groups -OCH3 is 1. The number of hydrogen-bond acceptors (Lipinski definition) is 3. The van der Waals surface area contributed by atoms with Crippen LogP contribution in [0.5, 0.6) is 11.5 Å². The maximum atomic E-state index is 6.74. The van der Waals surface area contributed by atoms with E-state index in [4.69, 9.17) is 15.2 Å². The topological polar surface area (TPSA) is 44.5 Å². The minimum absolute atomic E-state index is 0.436. The van der Waals surface area contributed by atoms with Crippen LogP contribution in [-0.2, 0) is 12.0 Å². The first kappa shape index (κ1) is 14.0. The molecule has 0 bridgehead atoms. The van der Waals surface area contributed by atoms with Crippen molar-refractivity contribution in [3.63, 3.8) is 0 Å². The second kappa shape index (κ2) is 5.41. The third-order valence-corrected chi connectivity index (χ3v) is 4.27. The molecule has 1 atom stereocenters. The Hall–Kier alpha value is -2.00. The Balaban J connectivity index is 1.99. The van der Waals surface area contributed by atoms with Crippen LogP contribution in [0.3, 0.4) is 0 Å². The van der Waals surface area contributed by atoms with Crippen molar-refractivity contribution < 1.29 is 9.47 Å². The van der Waals surface area contributed by atoms with Gasteiger partial charge in [-0.3, -0.25) is 0 Å². The van der Waals surface area contributed by atoms with Crippen LogP contribution in [0.15, 0.2) is 42.5 Å². The summed E-state index contributed by atoms with van der Waals surface area (Å²) < 4.78 is 10.8. The Morgan fingerprint density at radius 2 is 1.81 bits per heavy atom. The molecule has 1 unspecified atom stereocenters. The molecule has 2 aromatic rings. The van der Waals surface area contributed by atoms with Gasteiger partial charge in [0.2, 0.25) is 0 Å². The number of nitrogens with two attached hydrogens (primary N) is 1. The maximum Gasteiger partial charge on any atom is 0.119 e. The number of aryl methyl sites for hydroxylation is 1. The van der Waals surface area contributed by atoms with E-state index in [0.29, 0.717) is 6.61 Å². The van der Waals surface area contributed by atoms with Crippen LogP contribution in [0.1, 0.15) is 30.0 Å². The monoisotopic (exact) mass is 283 g/mol. The van der Waals surface area contributed by atoms with Crippen LogP contribution < -0.4 is 15.2 Å². The summed E-state index contributed by atoms with van der Waals surface area (Å²) in [4.78, 5) is 0. The lowest BCUT2D eigenvalue weighted by Gasteiger charge is -2.26. The lowest BCUT2D eigenvalue weighted by Crippen LogP contribution is -2.35. The van der Waals surface area contributed by atoms with Gasteiger partial charge >= 0.3 is 0 Å². The number of rotatable bonds is 4. The highest BCUT2D eigenvalue weighted by atomic mass is 16.5. The molecule has 0 spiro atoms. The Bertz CT molecular complexity index is 636. The molecule has 1 aliphatic carbocycles. The van der Waals surface area contributed by atoms with Gasteiger partial charge in [-0.25, -0.2) is 0 Å². The summed E-state index contributed by atoms with van der Waals surface area (Å²) in [5.74, 6) is 1.74. The zero-order valence-electron chi connectivity index (χ0n) is 12.6. The molecule has 0 saturated carbocycles. The third-order valence-electron chi connectivity index (χ3n) is 4.27. The molecule has 2 aromatic carbocycles. The van der Waals surface area contributed by atoms with E-state index in [1.165, 1.54) is 11.1 Å². The van der Waals surface area contributed by atoms with E-state index in [-0.39, 0.29) is 0 Å². The van der Waals surface area contributed by atoms with Crippen molar-refractivity contribution in [3.8, 4) is 11.5 Å². The Kier molecular flexibility index (Phi) is 3.60. The fourth-order valence-corrected chi connectivity index (χ4v) is 3.10. The summed E-state index contributed by atoms with van der Waals surface area (Å²) in [7, 11) is 1.69. The zero-order valence-corrected chi connectivity index (χ0v) is 12.6. The fourth-order valence-electron chi connectivity index (χ4n) is 3.10. The molecule has 3 heteroatoms. The number of fused-ring (bicyclic) bond motifs is 1. The predicted molar refractivity (Wildman–Crippen MR) is 83.9 cm³/mol. The van der Waals surface area contributed by atoms with Gasteiger partial charge in [-0.1, -0.05) is 18.2 Å². The van der Waals surface area contributed by atoms with E-state index in [0.717, 1.165) is 29.9 Å². The smallest absolute Gasteiger partial charge is 0.119 e. The molecule has 0 amide bonds. The van der Waals surface area contributed by atoms with Crippen molar-refractivity contribution in [2.24, 2.45) is 5.73 Å². The Morgan fingerprint density at radius 1 is 1.10 bits per heavy atom. The number of benzene rings is 2. The van der Waals surface area contributed by atoms with Crippen molar-refractivity contribution in [2.45, 2.75) is 25.3 Å². The minimum atomic E-state index is -0.436. The number of ether oxygens (including phenoxy) is 2. The van der Waals surface area contributed by atoms with Gasteiger partial charge in [0.1, 0.15) is 11.5 Å². The highest BCUT2D eigenvalue weighted by Gasteiger charge is 2.36. The second-order valence-corrected chi connectivity index (χ2v) is 5.45. The predicted octanol–water partition coefficient (Wildman–Crippen LogP) is 3.24. The second-order valence-electron chi connectivity index (χ2n) is 5.45. The maximum absolute atomic E-state index is 6.74. The average Bonchev–Trinajstić information content (AvgIpc) is 2.86. The van der Waals surface area contributed by atoms with Gasteiger partial charge in [-0.05, 0) is 60.7 Å². The molecule has 1 aliphatic rings. The summed E-state index contributed by atoms with van der Waals surface area (Å²) in [6.45, 7) is 2.66. The van der Waals surface area contributed by atoms with Crippen molar-refractivity contribution in [1.82, 2.24) is 0 Å². The van der Waals surface area contributed by atoms with Crippen LogP contribution in [0.4, 0.5) is 0 Å². The van der Waals surface area contributed by atoms with Crippen molar-refractivity contribution >= 4 is 0 Å². The molecule has 3 rings (SSSR count). The molecule has 0 radical (unpaired) electrons. The summed E-state index contributed by atoms with van der Waals surface area (Å²) in [6, 6.07) is 14.3. The molecule has 21 heavy (non-hydrogen) atoms. The van der Waals surface area contributed by atoms with Crippen LogP contribution in [0.2, 0.25) is 0 Å². The summed E-state index contributed by atoms with van der Waals surface area (Å²) in [6.07, 6.45) is 1.92. The summed E-state index contributed by atoms with van der Waals surface area (Å²) >= 11 is 0. The molecule has 2 N–H and O–H groups in total. The first-order chi connectivity index (χ1) is 10.2. The van der Waals surface area contributed by atoms with Gasteiger partial charge in [0.25, 0.3) is 0 Å². The average molecular weight is 283 g/mol. The third kappa shape index (κ3) is 2.38. The van der Waals surface area contributed by atoms with Gasteiger partial charge in [0, 0.05) is 0 Å². The first-order valence-corrected chi connectivity index (χ1v) is 7.37. The van der Waals surface area contributed by atoms with Gasteiger partial charge in [-0.2, -0.15) is 0 Å². The Morgan fingerprint density at radius 3 is 2.48 bits per heavy atom. The molecule has 0 aliphatic heterocycles. The van der Waals surface area contributed by atoms with E-state index >= 15 is 0 Å². The summed E-state index contributed by atoms with van der Waals surface area (Å²) in [5, 5.41) is 0. The van der Waals surface area contributed by atoms with Crippen molar-refractivity contribution in [2.75, 3.05) is 13.7 Å². The van der Waals surface area contributed by atoms with Gasteiger partial charge in [0.15, 0.2) is 0 Å². The number of hydrogen-bond donors (Lipinski definition) is 1. The van der Waals surface area contributed by atoms with Gasteiger partial charge in [-0.15, -0.1) is 0 Å². The minimum Gasteiger partial charge on any atom is -0.497 e. The van der Waals surface area contributed by atoms with E-state index in [1.807, 2.05) is 25.1 Å². The van der Waals surface area contributed by atoms with E-state index in [9.17, 15) is 0 Å². The largest absolute Gasteiger partial charge is 0.497 e. The van der Waals surface area contributed by atoms with Crippen LogP contribution in [-0.4, -0.2) is 13.7 Å². The lowest BCUT2D eigenvalue weighted by atomic mass is 9.85. The molecule has 0 aromatic heterocycles. The zero-order chi connectivity index (χ0) is 14.9. The van der Waals surface area contributed by atoms with Crippen LogP contribution in [0.25, 0.3) is 0 Å². The Labute approximate surface area is 125 Å². The van der Waals surface area contributed by atoms with Crippen LogP contribution >= 0.6 is 0 Å². The SMILES string of the molecule is CCOc1ccc(C2(N)CCc3ccc(OC)cc32)cc1. The molecule has 0 heterocycles. The molecule has 0 fully saturated rings. The quantitative estimate of drug-likeness (QED) is 0.937. The van der Waals surface area contributed by atoms with E-state index < -0.39 is 5.54 Å². The lowest BCUT2D eigenvalue weighted by molar-refractivity contribution is 0.340. The molecule has 110 valence electrons. The standard InChI is InChI=1S/C18H21NO2/c1-3-21-15-8-5-14(6-9-15)18(19)11-10-13-4-7-16(20-2)12-17(13)18/h4-9,12H,3,10-11,19H2,1-2H3. The van der Waals surface area contributed by atoms with E-state index in [2.05, 4.69) is 24.3 Å². The van der Waals surface area contributed by atoms with Crippen molar-refractivity contribution in [1.29, 1.82) is 0 Å². The highest BCUT2D eigenvalue weighted by molar-refractivity contribution is 5.50. The molecule has 0 saturated heterocycles. The molecular weight excluding hydrogens is 262 g/mol. The fraction of sp³-hybridized carbons (Fsp3) is 0.333. The molecule has 3 nitrogen and oxygen atoms in total. The molecular formula is C18H21NO2. The normalized spacial score (nSPS) is 20.1. The first-order valence-electron chi connectivity index (χ1n) is 7.37. The summed E-state index contributed by atoms with van der Waals surface area (Å²) in [5.41, 5.74) is 9.91. The van der Waals surface area contributed by atoms with Crippen LogP contribution in [0, 0.1) is 0 Å².